The molecule has 2 heterocycles. The Bertz CT molecular complexity index is 615. The average molecular weight is 299 g/mol. The first-order valence-corrected chi connectivity index (χ1v) is 6.48. The van der Waals surface area contributed by atoms with Gasteiger partial charge < -0.3 is 14.5 Å². The van der Waals surface area contributed by atoms with Gasteiger partial charge in [-0.2, -0.15) is 13.2 Å². The highest BCUT2D eigenvalue weighted by Gasteiger charge is 2.46. The maximum absolute atomic E-state index is 12.6. The lowest BCUT2D eigenvalue weighted by Crippen LogP contribution is -2.29. The molecule has 0 aromatic heterocycles. The first-order valence-electron chi connectivity index (χ1n) is 6.48. The molecule has 1 aromatic rings. The van der Waals surface area contributed by atoms with Gasteiger partial charge in [0.05, 0.1) is 11.3 Å². The minimum absolute atomic E-state index is 0.248. The van der Waals surface area contributed by atoms with Crippen LogP contribution in [0.3, 0.4) is 0 Å². The topological polar surface area (TPSA) is 51.0 Å². The van der Waals surface area contributed by atoms with Crippen LogP contribution < -0.4 is 5.46 Å². The maximum atomic E-state index is 12.6. The molecule has 4 nitrogen and oxygen atoms in total. The van der Waals surface area contributed by atoms with E-state index in [0.717, 1.165) is 5.56 Å². The third-order valence-corrected chi connectivity index (χ3v) is 3.74. The summed E-state index contributed by atoms with van der Waals surface area (Å²) in [6, 6.07) is 4.97. The SMILES string of the molecule is CC1(C)OB(O)c2ccc(C3=NOC(C(F)(F)F)C3)cc21. The third kappa shape index (κ3) is 2.42. The Balaban J connectivity index is 1.90. The van der Waals surface area contributed by atoms with Gasteiger partial charge in [0, 0.05) is 6.42 Å². The Hall–Kier alpha value is -1.54. The van der Waals surface area contributed by atoms with E-state index in [9.17, 15) is 18.2 Å². The Morgan fingerprint density at radius 1 is 1.38 bits per heavy atom. The standard InChI is InChI=1S/C13H13BF3NO3/c1-12(2)8-5-7(3-4-9(8)14(19)21-12)10-6-11(20-18-10)13(15,16)17/h3-5,11,19H,6H2,1-2H3. The van der Waals surface area contributed by atoms with E-state index in [2.05, 4.69) is 9.99 Å². The van der Waals surface area contributed by atoms with Gasteiger partial charge in [0.25, 0.3) is 0 Å². The van der Waals surface area contributed by atoms with Gasteiger partial charge in [-0.25, -0.2) is 0 Å². The van der Waals surface area contributed by atoms with Gasteiger partial charge in [-0.1, -0.05) is 17.3 Å². The van der Waals surface area contributed by atoms with E-state index in [4.69, 9.17) is 4.65 Å². The van der Waals surface area contributed by atoms with Gasteiger partial charge in [-0.3, -0.25) is 0 Å². The van der Waals surface area contributed by atoms with Gasteiger partial charge in [-0.15, -0.1) is 0 Å². The quantitative estimate of drug-likeness (QED) is 0.803. The smallest absolute Gasteiger partial charge is 0.423 e. The Labute approximate surface area is 119 Å². The Morgan fingerprint density at radius 3 is 2.71 bits per heavy atom. The van der Waals surface area contributed by atoms with Gasteiger partial charge in [0.15, 0.2) is 0 Å². The van der Waals surface area contributed by atoms with Crippen molar-refractivity contribution >= 4 is 18.3 Å². The molecule has 112 valence electrons. The van der Waals surface area contributed by atoms with Crippen molar-refractivity contribution in [1.82, 2.24) is 0 Å². The third-order valence-electron chi connectivity index (χ3n) is 3.74. The molecule has 0 saturated carbocycles. The zero-order valence-corrected chi connectivity index (χ0v) is 11.4. The zero-order valence-electron chi connectivity index (χ0n) is 11.4. The summed E-state index contributed by atoms with van der Waals surface area (Å²) in [5, 5.41) is 13.3. The van der Waals surface area contributed by atoms with E-state index in [1.807, 2.05) is 0 Å². The molecule has 0 saturated heterocycles. The van der Waals surface area contributed by atoms with Crippen LogP contribution in [0.5, 0.6) is 0 Å². The molecule has 0 amide bonds. The number of halogens is 3. The number of oxime groups is 1. The van der Waals surface area contributed by atoms with Crippen LogP contribution in [-0.4, -0.2) is 30.1 Å². The molecule has 0 aliphatic carbocycles. The van der Waals surface area contributed by atoms with E-state index in [0.29, 0.717) is 11.0 Å². The predicted molar refractivity (Wildman–Crippen MR) is 70.2 cm³/mol. The van der Waals surface area contributed by atoms with Crippen LogP contribution in [0.4, 0.5) is 13.2 Å². The number of nitrogens with zero attached hydrogens (tertiary/aromatic N) is 1. The summed E-state index contributed by atoms with van der Waals surface area (Å²) in [4.78, 5) is 4.46. The summed E-state index contributed by atoms with van der Waals surface area (Å²) in [7, 11) is -1.02. The van der Waals surface area contributed by atoms with Crippen LogP contribution in [0, 0.1) is 0 Å². The predicted octanol–water partition coefficient (Wildman–Crippen LogP) is 1.69. The fraction of sp³-hybridized carbons (Fsp3) is 0.462. The molecule has 0 spiro atoms. The van der Waals surface area contributed by atoms with Crippen molar-refractivity contribution in [2.24, 2.45) is 5.16 Å². The van der Waals surface area contributed by atoms with Crippen LogP contribution >= 0.6 is 0 Å². The summed E-state index contributed by atoms with van der Waals surface area (Å²) >= 11 is 0. The van der Waals surface area contributed by atoms with Crippen molar-refractivity contribution in [2.75, 3.05) is 0 Å². The normalized spacial score (nSPS) is 23.8. The summed E-state index contributed by atoms with van der Waals surface area (Å²) in [6.07, 6.45) is -6.64. The highest BCUT2D eigenvalue weighted by molar-refractivity contribution is 6.62. The molecule has 0 radical (unpaired) electrons. The van der Waals surface area contributed by atoms with Crippen molar-refractivity contribution < 1.29 is 27.7 Å². The molecule has 1 atom stereocenters. The largest absolute Gasteiger partial charge is 0.492 e. The number of hydrogen-bond donors (Lipinski definition) is 1. The fourth-order valence-electron chi connectivity index (χ4n) is 2.60. The van der Waals surface area contributed by atoms with E-state index in [1.165, 1.54) is 0 Å². The number of alkyl halides is 3. The number of hydrogen-bond acceptors (Lipinski definition) is 4. The van der Waals surface area contributed by atoms with Crippen molar-refractivity contribution in [1.29, 1.82) is 0 Å². The van der Waals surface area contributed by atoms with E-state index < -0.39 is 25.0 Å². The Kier molecular flexibility index (Phi) is 3.07. The van der Waals surface area contributed by atoms with E-state index in [-0.39, 0.29) is 12.1 Å². The number of rotatable bonds is 1. The Morgan fingerprint density at radius 2 is 2.10 bits per heavy atom. The lowest BCUT2D eigenvalue weighted by Gasteiger charge is -2.20. The van der Waals surface area contributed by atoms with Crippen LogP contribution in [0.1, 0.15) is 31.4 Å². The molecular weight excluding hydrogens is 286 g/mol. The molecule has 21 heavy (non-hydrogen) atoms. The monoisotopic (exact) mass is 299 g/mol. The molecule has 3 rings (SSSR count). The van der Waals surface area contributed by atoms with Crippen LogP contribution in [0.15, 0.2) is 23.4 Å². The first kappa shape index (κ1) is 14.4. The minimum Gasteiger partial charge on any atom is -0.423 e. The lowest BCUT2D eigenvalue weighted by molar-refractivity contribution is -0.212. The summed E-state index contributed by atoms with van der Waals surface area (Å²) in [6.45, 7) is 3.58. The molecular formula is C13H13BF3NO3. The number of benzene rings is 1. The molecule has 0 bridgehead atoms. The zero-order chi connectivity index (χ0) is 15.4. The van der Waals surface area contributed by atoms with Gasteiger partial charge in [0.2, 0.25) is 6.10 Å². The van der Waals surface area contributed by atoms with E-state index in [1.54, 1.807) is 32.0 Å². The average Bonchev–Trinajstić information content (AvgIpc) is 2.93. The molecule has 1 unspecified atom stereocenters. The first-order chi connectivity index (χ1) is 9.68. The van der Waals surface area contributed by atoms with Crippen molar-refractivity contribution in [2.45, 2.75) is 38.1 Å². The van der Waals surface area contributed by atoms with Gasteiger partial charge in [-0.05, 0) is 36.5 Å². The maximum Gasteiger partial charge on any atom is 0.492 e. The molecule has 1 N–H and O–H groups in total. The second-order valence-electron chi connectivity index (χ2n) is 5.66. The van der Waals surface area contributed by atoms with Crippen LogP contribution in [-0.2, 0) is 15.1 Å². The van der Waals surface area contributed by atoms with Crippen molar-refractivity contribution in [3.63, 3.8) is 0 Å². The molecule has 0 fully saturated rings. The highest BCUT2D eigenvalue weighted by Crippen LogP contribution is 2.33. The molecule has 1 aromatic carbocycles. The summed E-state index contributed by atoms with van der Waals surface area (Å²) in [5.41, 5.74) is 1.46. The molecule has 8 heteroatoms. The van der Waals surface area contributed by atoms with E-state index >= 15 is 0 Å². The molecule has 2 aliphatic heterocycles. The van der Waals surface area contributed by atoms with Gasteiger partial charge in [0.1, 0.15) is 0 Å². The molecule has 2 aliphatic rings. The second-order valence-corrected chi connectivity index (χ2v) is 5.66. The summed E-state index contributed by atoms with van der Waals surface area (Å²) in [5.74, 6) is 0. The number of fused-ring (bicyclic) bond motifs is 1. The van der Waals surface area contributed by atoms with Crippen LogP contribution in [0.2, 0.25) is 0 Å². The van der Waals surface area contributed by atoms with Crippen LogP contribution in [0.25, 0.3) is 0 Å². The summed E-state index contributed by atoms with van der Waals surface area (Å²) < 4.78 is 43.2. The second kappa shape index (κ2) is 4.48. The minimum atomic E-state index is -4.43. The highest BCUT2D eigenvalue weighted by atomic mass is 19.4. The van der Waals surface area contributed by atoms with Gasteiger partial charge >= 0.3 is 13.3 Å². The lowest BCUT2D eigenvalue weighted by atomic mass is 9.77. The van der Waals surface area contributed by atoms with Crippen molar-refractivity contribution in [3.8, 4) is 0 Å². The fourth-order valence-corrected chi connectivity index (χ4v) is 2.60. The van der Waals surface area contributed by atoms with Crippen molar-refractivity contribution in [3.05, 3.63) is 29.3 Å².